The number of nitrogens with zero attached hydrogens (tertiary/aromatic N) is 3. The molecule has 0 amide bonds. The zero-order valence-corrected chi connectivity index (χ0v) is 14.0. The minimum absolute atomic E-state index is 0.227. The first-order valence-electron chi connectivity index (χ1n) is 8.16. The third-order valence-electron chi connectivity index (χ3n) is 4.31. The molecule has 0 atom stereocenters. The number of carbonyl (C=O) groups excluding carboxylic acids is 1. The summed E-state index contributed by atoms with van der Waals surface area (Å²) in [4.78, 5) is 13.5. The molecule has 5 nitrogen and oxygen atoms in total. The lowest BCUT2D eigenvalue weighted by Gasteiger charge is -2.27. The number of methoxy groups -OCH3 is 1. The highest BCUT2D eigenvalue weighted by Crippen LogP contribution is 2.25. The Morgan fingerprint density at radius 1 is 1.17 bits per heavy atom. The van der Waals surface area contributed by atoms with Crippen molar-refractivity contribution in [2.75, 3.05) is 25.1 Å². The summed E-state index contributed by atoms with van der Waals surface area (Å²) in [6.07, 6.45) is 4.26. The quantitative estimate of drug-likeness (QED) is 0.809. The summed E-state index contributed by atoms with van der Waals surface area (Å²) in [5.74, 6) is 0.310. The smallest absolute Gasteiger partial charge is 0.358 e. The van der Waals surface area contributed by atoms with E-state index in [1.807, 2.05) is 6.07 Å². The van der Waals surface area contributed by atoms with Crippen molar-refractivity contribution >= 4 is 17.4 Å². The van der Waals surface area contributed by atoms with E-state index in [2.05, 4.69) is 57.1 Å². The van der Waals surface area contributed by atoms with Crippen LogP contribution in [0.1, 0.15) is 35.0 Å². The van der Waals surface area contributed by atoms with E-state index >= 15 is 0 Å². The third-order valence-corrected chi connectivity index (χ3v) is 4.31. The van der Waals surface area contributed by atoms with Crippen molar-refractivity contribution in [3.63, 3.8) is 0 Å². The number of carbonyl (C=O) groups is 1. The van der Waals surface area contributed by atoms with Crippen LogP contribution in [0.3, 0.4) is 0 Å². The first kappa shape index (κ1) is 16.2. The second-order valence-electron chi connectivity index (χ2n) is 5.74. The number of esters is 1. The Balaban J connectivity index is 1.69. The van der Waals surface area contributed by atoms with Gasteiger partial charge in [0, 0.05) is 13.1 Å². The lowest BCUT2D eigenvalue weighted by molar-refractivity contribution is 0.0592. The number of hydrogen-bond acceptors (Lipinski definition) is 5. The molecule has 0 N–H and O–H groups in total. The zero-order valence-electron chi connectivity index (χ0n) is 14.0. The van der Waals surface area contributed by atoms with E-state index in [1.165, 1.54) is 23.8 Å². The molecule has 0 saturated heterocycles. The Morgan fingerprint density at radius 2 is 1.96 bits per heavy atom. The molecule has 1 aliphatic heterocycles. The molecule has 1 aliphatic rings. The van der Waals surface area contributed by atoms with Crippen molar-refractivity contribution in [3.8, 4) is 0 Å². The fourth-order valence-electron chi connectivity index (χ4n) is 2.80. The van der Waals surface area contributed by atoms with Gasteiger partial charge in [-0.3, -0.25) is 0 Å². The maximum absolute atomic E-state index is 11.4. The van der Waals surface area contributed by atoms with Gasteiger partial charge in [0.05, 0.1) is 7.11 Å². The third kappa shape index (κ3) is 3.45. The molecule has 3 rings (SSSR count). The van der Waals surface area contributed by atoms with Gasteiger partial charge in [-0.2, -0.15) is 0 Å². The van der Waals surface area contributed by atoms with E-state index in [4.69, 9.17) is 0 Å². The molecular formula is C19H21N3O2. The first-order valence-corrected chi connectivity index (χ1v) is 8.16. The lowest BCUT2D eigenvalue weighted by Crippen LogP contribution is -2.29. The first-order chi connectivity index (χ1) is 11.7. The molecule has 24 heavy (non-hydrogen) atoms. The highest BCUT2D eigenvalue weighted by Gasteiger charge is 2.16. The number of ether oxygens (including phenoxy) is 1. The van der Waals surface area contributed by atoms with E-state index in [0.717, 1.165) is 31.7 Å². The molecule has 124 valence electrons. The van der Waals surface area contributed by atoms with Gasteiger partial charge in [-0.15, -0.1) is 10.2 Å². The summed E-state index contributed by atoms with van der Waals surface area (Å²) in [5.41, 5.74) is 4.25. The Hall–Kier alpha value is -2.69. The van der Waals surface area contributed by atoms with Gasteiger partial charge in [0.25, 0.3) is 0 Å². The average Bonchev–Trinajstić information content (AvgIpc) is 2.68. The van der Waals surface area contributed by atoms with E-state index < -0.39 is 5.97 Å². The fourth-order valence-corrected chi connectivity index (χ4v) is 2.80. The molecule has 0 unspecified atom stereocenters. The normalized spacial score (nSPS) is 14.2. The van der Waals surface area contributed by atoms with Crippen molar-refractivity contribution in [2.24, 2.45) is 0 Å². The van der Waals surface area contributed by atoms with Crippen LogP contribution in [0.5, 0.6) is 0 Å². The van der Waals surface area contributed by atoms with Gasteiger partial charge in [0.2, 0.25) is 0 Å². The second-order valence-corrected chi connectivity index (χ2v) is 5.74. The summed E-state index contributed by atoms with van der Waals surface area (Å²) in [6.45, 7) is 3.84. The number of rotatable bonds is 4. The monoisotopic (exact) mass is 323 g/mol. The molecule has 0 aliphatic carbocycles. The predicted octanol–water partition coefficient (Wildman–Crippen LogP) is 3.12. The van der Waals surface area contributed by atoms with Crippen LogP contribution in [0, 0.1) is 0 Å². The largest absolute Gasteiger partial charge is 0.464 e. The van der Waals surface area contributed by atoms with E-state index in [0.29, 0.717) is 0 Å². The Bertz CT molecular complexity index is 736. The Kier molecular flexibility index (Phi) is 4.89. The highest BCUT2D eigenvalue weighted by atomic mass is 16.5. The standard InChI is InChI=1S/C19H21N3O2/c1-3-14-4-6-15(7-5-14)16-10-12-22(13-11-16)18-9-8-17(20-21-18)19(23)24-2/h4-10H,3,11-13H2,1-2H3. The maximum Gasteiger partial charge on any atom is 0.358 e. The molecule has 0 radical (unpaired) electrons. The van der Waals surface area contributed by atoms with E-state index in [9.17, 15) is 4.79 Å². The topological polar surface area (TPSA) is 55.3 Å². The number of aromatic nitrogens is 2. The molecular weight excluding hydrogens is 302 g/mol. The number of benzene rings is 1. The van der Waals surface area contributed by atoms with Crippen LogP contribution in [0.2, 0.25) is 0 Å². The summed E-state index contributed by atoms with van der Waals surface area (Å²) in [6, 6.07) is 12.3. The van der Waals surface area contributed by atoms with Crippen LogP contribution in [0.15, 0.2) is 42.5 Å². The van der Waals surface area contributed by atoms with Crippen molar-refractivity contribution in [1.29, 1.82) is 0 Å². The molecule has 1 aromatic heterocycles. The van der Waals surface area contributed by atoms with Gasteiger partial charge in [-0.1, -0.05) is 37.3 Å². The molecule has 0 bridgehead atoms. The number of anilines is 1. The van der Waals surface area contributed by atoms with Crippen molar-refractivity contribution in [1.82, 2.24) is 10.2 Å². The SMILES string of the molecule is CCc1ccc(C2=CCN(c3ccc(C(=O)OC)nn3)CC2)cc1. The van der Waals surface area contributed by atoms with Crippen LogP contribution in [0.25, 0.3) is 5.57 Å². The fraction of sp³-hybridized carbons (Fsp3) is 0.316. The minimum Gasteiger partial charge on any atom is -0.464 e. The molecule has 0 saturated carbocycles. The van der Waals surface area contributed by atoms with Gasteiger partial charge >= 0.3 is 5.97 Å². The minimum atomic E-state index is -0.467. The summed E-state index contributed by atoms with van der Waals surface area (Å²) in [7, 11) is 1.34. The zero-order chi connectivity index (χ0) is 16.9. The van der Waals surface area contributed by atoms with E-state index in [1.54, 1.807) is 6.07 Å². The molecule has 0 fully saturated rings. The summed E-state index contributed by atoms with van der Waals surface area (Å²) >= 11 is 0. The summed E-state index contributed by atoms with van der Waals surface area (Å²) < 4.78 is 4.64. The van der Waals surface area contributed by atoms with Gasteiger partial charge in [-0.25, -0.2) is 4.79 Å². The van der Waals surface area contributed by atoms with Crippen LogP contribution in [-0.2, 0) is 11.2 Å². The van der Waals surface area contributed by atoms with Crippen LogP contribution in [0.4, 0.5) is 5.82 Å². The highest BCUT2D eigenvalue weighted by molar-refractivity contribution is 5.87. The van der Waals surface area contributed by atoms with Gasteiger partial charge in [0.15, 0.2) is 11.5 Å². The maximum atomic E-state index is 11.4. The molecule has 0 spiro atoms. The van der Waals surface area contributed by atoms with Gasteiger partial charge in [-0.05, 0) is 41.7 Å². The second kappa shape index (κ2) is 7.25. The van der Waals surface area contributed by atoms with Crippen molar-refractivity contribution < 1.29 is 9.53 Å². The number of hydrogen-bond donors (Lipinski definition) is 0. The van der Waals surface area contributed by atoms with Crippen molar-refractivity contribution in [3.05, 3.63) is 59.3 Å². The molecule has 5 heteroatoms. The van der Waals surface area contributed by atoms with Gasteiger partial charge < -0.3 is 9.64 Å². The van der Waals surface area contributed by atoms with Crippen molar-refractivity contribution in [2.45, 2.75) is 19.8 Å². The van der Waals surface area contributed by atoms with E-state index in [-0.39, 0.29) is 5.69 Å². The Morgan fingerprint density at radius 3 is 2.50 bits per heavy atom. The molecule has 2 aromatic rings. The molecule has 2 heterocycles. The van der Waals surface area contributed by atoms with Crippen LogP contribution in [-0.4, -0.2) is 36.4 Å². The van der Waals surface area contributed by atoms with Crippen LogP contribution >= 0.6 is 0 Å². The Labute approximate surface area is 142 Å². The number of aryl methyl sites for hydroxylation is 1. The predicted molar refractivity (Wildman–Crippen MR) is 94.0 cm³/mol. The average molecular weight is 323 g/mol. The van der Waals surface area contributed by atoms with Gasteiger partial charge in [0.1, 0.15) is 0 Å². The molecule has 1 aromatic carbocycles. The van der Waals surface area contributed by atoms with Crippen LogP contribution < -0.4 is 4.90 Å². The lowest BCUT2D eigenvalue weighted by atomic mass is 9.98. The summed E-state index contributed by atoms with van der Waals surface area (Å²) in [5, 5.41) is 8.07.